The molecule has 0 fully saturated rings. The van der Waals surface area contributed by atoms with Crippen molar-refractivity contribution in [3.8, 4) is 0 Å². The molecular weight excluding hydrogens is 180 g/mol. The van der Waals surface area contributed by atoms with Crippen LogP contribution in [-0.4, -0.2) is 0 Å². The maximum atomic E-state index is 2.45. The highest BCUT2D eigenvalue weighted by Crippen LogP contribution is 2.30. The molecule has 0 aromatic heterocycles. The van der Waals surface area contributed by atoms with Gasteiger partial charge in [-0.1, -0.05) is 51.5 Å². The molecule has 0 aromatic carbocycles. The minimum absolute atomic E-state index is 0. The fraction of sp³-hybridized carbons (Fsp3) is 0.733. The molecule has 1 aliphatic carbocycles. The Bertz CT molecular complexity index is 188. The highest BCUT2D eigenvalue weighted by Gasteiger charge is 2.17. The Labute approximate surface area is 96.5 Å². The molecule has 0 saturated heterocycles. The van der Waals surface area contributed by atoms with Gasteiger partial charge in [-0.2, -0.15) is 0 Å². The summed E-state index contributed by atoms with van der Waals surface area (Å²) < 4.78 is 0. The summed E-state index contributed by atoms with van der Waals surface area (Å²) in [4.78, 5) is 0. The van der Waals surface area contributed by atoms with Crippen LogP contribution >= 0.6 is 0 Å². The third kappa shape index (κ3) is 5.81. The Kier molecular flexibility index (Phi) is 8.46. The van der Waals surface area contributed by atoms with Crippen LogP contribution < -0.4 is 0 Å². The first-order valence-corrected chi connectivity index (χ1v) is 6.16. The lowest BCUT2D eigenvalue weighted by Crippen LogP contribution is -1.97. The van der Waals surface area contributed by atoms with Crippen LogP contribution in [0.2, 0.25) is 0 Å². The Balaban J connectivity index is 0.00000196. The van der Waals surface area contributed by atoms with Crippen molar-refractivity contribution in [1.29, 1.82) is 0 Å². The molecule has 0 aliphatic heterocycles. The second kappa shape index (κ2) is 8.76. The lowest BCUT2D eigenvalue weighted by molar-refractivity contribution is 0.464. The van der Waals surface area contributed by atoms with Gasteiger partial charge >= 0.3 is 0 Å². The van der Waals surface area contributed by atoms with Gasteiger partial charge in [0.05, 0.1) is 0 Å². The monoisotopic (exact) mass is 208 g/mol. The normalized spacial score (nSPS) is 24.7. The number of hydrogen-bond donors (Lipinski definition) is 0. The van der Waals surface area contributed by atoms with Crippen LogP contribution in [0.25, 0.3) is 0 Å². The van der Waals surface area contributed by atoms with E-state index in [9.17, 15) is 0 Å². The Morgan fingerprint density at radius 3 is 2.47 bits per heavy atom. The molecule has 0 spiro atoms. The average Bonchev–Trinajstić information content (AvgIpc) is 2.63. The molecule has 1 unspecified atom stereocenters. The predicted molar refractivity (Wildman–Crippen MR) is 71.0 cm³/mol. The zero-order chi connectivity index (χ0) is 10.2. The average molecular weight is 208 g/mol. The smallest absolute Gasteiger partial charge is 0.0225 e. The summed E-state index contributed by atoms with van der Waals surface area (Å²) in [7, 11) is 0. The van der Waals surface area contributed by atoms with Crippen LogP contribution in [0, 0.1) is 11.8 Å². The van der Waals surface area contributed by atoms with Crippen molar-refractivity contribution in [3.63, 3.8) is 0 Å². The highest BCUT2D eigenvalue weighted by molar-refractivity contribution is 5.02. The molecule has 0 heteroatoms. The molecule has 0 saturated carbocycles. The molecule has 0 aromatic rings. The van der Waals surface area contributed by atoms with Gasteiger partial charge in [0.15, 0.2) is 0 Å². The largest absolute Gasteiger partial charge is 0.0917 e. The third-order valence-corrected chi connectivity index (χ3v) is 3.13. The standard InChI is InChI=1S/C14H24.CH4/c1-3-5-7-9-14-11-10-13(12-14)8-6-4-2;/h3,5,10-11,13-14H,4,6-9,12H2,1-2H3;1H4/b5-3-;/t13-,14?;/m0./s1. The summed E-state index contributed by atoms with van der Waals surface area (Å²) in [5, 5.41) is 0. The first-order valence-electron chi connectivity index (χ1n) is 6.16. The Hall–Kier alpha value is -0.520. The quantitative estimate of drug-likeness (QED) is 0.515. The van der Waals surface area contributed by atoms with E-state index in [1.54, 1.807) is 0 Å². The van der Waals surface area contributed by atoms with Crippen molar-refractivity contribution in [3.05, 3.63) is 24.3 Å². The fourth-order valence-electron chi connectivity index (χ4n) is 2.23. The maximum absolute atomic E-state index is 2.45. The van der Waals surface area contributed by atoms with Crippen LogP contribution in [0.1, 0.15) is 59.8 Å². The van der Waals surface area contributed by atoms with E-state index in [4.69, 9.17) is 0 Å². The van der Waals surface area contributed by atoms with Gasteiger partial charge in [0, 0.05) is 0 Å². The van der Waals surface area contributed by atoms with E-state index in [-0.39, 0.29) is 7.43 Å². The van der Waals surface area contributed by atoms with E-state index in [0.717, 1.165) is 11.8 Å². The van der Waals surface area contributed by atoms with Crippen LogP contribution in [-0.2, 0) is 0 Å². The lowest BCUT2D eigenvalue weighted by Gasteiger charge is -2.10. The number of rotatable bonds is 6. The molecule has 0 nitrogen and oxygen atoms in total. The van der Waals surface area contributed by atoms with Crippen LogP contribution in [0.4, 0.5) is 0 Å². The summed E-state index contributed by atoms with van der Waals surface area (Å²) in [5.41, 5.74) is 0. The van der Waals surface area contributed by atoms with E-state index in [2.05, 4.69) is 38.2 Å². The van der Waals surface area contributed by atoms with E-state index in [1.807, 2.05) is 0 Å². The minimum Gasteiger partial charge on any atom is -0.0917 e. The van der Waals surface area contributed by atoms with Crippen molar-refractivity contribution in [2.75, 3.05) is 0 Å². The van der Waals surface area contributed by atoms with E-state index in [0.29, 0.717) is 0 Å². The number of allylic oxidation sites excluding steroid dienone is 4. The van der Waals surface area contributed by atoms with Crippen LogP contribution in [0.15, 0.2) is 24.3 Å². The van der Waals surface area contributed by atoms with Gasteiger partial charge in [-0.25, -0.2) is 0 Å². The van der Waals surface area contributed by atoms with Gasteiger partial charge in [-0.05, 0) is 44.4 Å². The zero-order valence-corrected chi connectivity index (χ0v) is 9.71. The van der Waals surface area contributed by atoms with E-state index in [1.165, 1.54) is 38.5 Å². The molecular formula is C15H28. The molecule has 2 atom stereocenters. The van der Waals surface area contributed by atoms with Crippen molar-refractivity contribution in [2.45, 2.75) is 59.8 Å². The number of hydrogen-bond acceptors (Lipinski definition) is 0. The lowest BCUT2D eigenvalue weighted by atomic mass is 9.95. The summed E-state index contributed by atoms with van der Waals surface area (Å²) in [6.45, 7) is 4.39. The number of unbranched alkanes of at least 4 members (excludes halogenated alkanes) is 1. The summed E-state index contributed by atoms with van der Waals surface area (Å²) in [6, 6.07) is 0. The topological polar surface area (TPSA) is 0 Å². The van der Waals surface area contributed by atoms with Crippen molar-refractivity contribution >= 4 is 0 Å². The first kappa shape index (κ1) is 14.5. The molecule has 0 radical (unpaired) electrons. The van der Waals surface area contributed by atoms with Gasteiger partial charge in [-0.15, -0.1) is 0 Å². The van der Waals surface area contributed by atoms with Gasteiger partial charge in [0.2, 0.25) is 0 Å². The maximum Gasteiger partial charge on any atom is -0.0225 e. The molecule has 88 valence electrons. The molecule has 15 heavy (non-hydrogen) atoms. The zero-order valence-electron chi connectivity index (χ0n) is 9.71. The van der Waals surface area contributed by atoms with E-state index >= 15 is 0 Å². The van der Waals surface area contributed by atoms with Crippen LogP contribution in [0.5, 0.6) is 0 Å². The predicted octanol–water partition coefficient (Wildman–Crippen LogP) is 5.36. The summed E-state index contributed by atoms with van der Waals surface area (Å²) in [5.74, 6) is 1.76. The van der Waals surface area contributed by atoms with Crippen LogP contribution in [0.3, 0.4) is 0 Å². The van der Waals surface area contributed by atoms with E-state index < -0.39 is 0 Å². The minimum atomic E-state index is 0. The summed E-state index contributed by atoms with van der Waals surface area (Å²) in [6.07, 6.45) is 17.5. The van der Waals surface area contributed by atoms with Gasteiger partial charge in [0.25, 0.3) is 0 Å². The Morgan fingerprint density at radius 2 is 1.87 bits per heavy atom. The molecule has 1 aliphatic rings. The van der Waals surface area contributed by atoms with Gasteiger partial charge < -0.3 is 0 Å². The fourth-order valence-corrected chi connectivity index (χ4v) is 2.23. The first-order chi connectivity index (χ1) is 6.86. The second-order valence-corrected chi connectivity index (χ2v) is 4.43. The van der Waals surface area contributed by atoms with Crippen molar-refractivity contribution in [2.24, 2.45) is 11.8 Å². The molecule has 0 N–H and O–H groups in total. The van der Waals surface area contributed by atoms with Crippen molar-refractivity contribution in [1.82, 2.24) is 0 Å². The molecule has 0 bridgehead atoms. The molecule has 0 heterocycles. The van der Waals surface area contributed by atoms with Gasteiger partial charge in [0.1, 0.15) is 0 Å². The second-order valence-electron chi connectivity index (χ2n) is 4.43. The van der Waals surface area contributed by atoms with Gasteiger partial charge in [-0.3, -0.25) is 0 Å². The summed E-state index contributed by atoms with van der Waals surface area (Å²) >= 11 is 0. The molecule has 0 amide bonds. The highest BCUT2D eigenvalue weighted by atomic mass is 14.2. The third-order valence-electron chi connectivity index (χ3n) is 3.13. The Morgan fingerprint density at radius 1 is 1.20 bits per heavy atom. The SMILES string of the molecule is C.C/C=C\CCC1C=C[C@H](CCCC)C1. The van der Waals surface area contributed by atoms with Crippen molar-refractivity contribution < 1.29 is 0 Å². The molecule has 1 rings (SSSR count).